The van der Waals surface area contributed by atoms with Crippen LogP contribution in [0.2, 0.25) is 18.1 Å². The number of hydrogen-bond donors (Lipinski definition) is 1. The largest absolute Gasteiger partial charge is 0.413 e. The summed E-state index contributed by atoms with van der Waals surface area (Å²) in [6.45, 7) is 14.9. The van der Waals surface area contributed by atoms with E-state index >= 15 is 0 Å². The summed E-state index contributed by atoms with van der Waals surface area (Å²) < 4.78 is 17.8. The molecule has 0 aromatic heterocycles. The van der Waals surface area contributed by atoms with Crippen molar-refractivity contribution in [3.05, 3.63) is 12.2 Å². The zero-order valence-corrected chi connectivity index (χ0v) is 14.7. The molecular formula is C15H28O4Si. The number of ether oxygens (including phenoxy) is 2. The van der Waals surface area contributed by atoms with E-state index in [4.69, 9.17) is 13.9 Å². The highest BCUT2D eigenvalue weighted by atomic mass is 28.4. The highest BCUT2D eigenvalue weighted by Crippen LogP contribution is 2.42. The summed E-state index contributed by atoms with van der Waals surface area (Å²) in [5.41, 5.74) is -1.09. The van der Waals surface area contributed by atoms with Crippen LogP contribution >= 0.6 is 0 Å². The molecule has 20 heavy (non-hydrogen) atoms. The Morgan fingerprint density at radius 3 is 2.40 bits per heavy atom. The predicted octanol–water partition coefficient (Wildman–Crippen LogP) is 2.83. The van der Waals surface area contributed by atoms with Crippen LogP contribution in [-0.2, 0) is 13.9 Å². The van der Waals surface area contributed by atoms with Gasteiger partial charge in [0, 0.05) is 0 Å². The highest BCUT2D eigenvalue weighted by Gasteiger charge is 2.54. The maximum atomic E-state index is 10.8. The Balaban J connectivity index is 2.05. The van der Waals surface area contributed by atoms with Crippen LogP contribution in [-0.4, -0.2) is 43.6 Å². The molecule has 1 aliphatic carbocycles. The molecule has 116 valence electrons. The fraction of sp³-hybridized carbons (Fsp3) is 0.867. The van der Waals surface area contributed by atoms with E-state index in [0.29, 0.717) is 0 Å². The molecule has 1 heterocycles. The van der Waals surface area contributed by atoms with Crippen LogP contribution in [0, 0.1) is 0 Å². The zero-order valence-electron chi connectivity index (χ0n) is 13.7. The molecule has 0 unspecified atom stereocenters. The summed E-state index contributed by atoms with van der Waals surface area (Å²) >= 11 is 0. The Morgan fingerprint density at radius 1 is 1.25 bits per heavy atom. The first kappa shape index (κ1) is 16.2. The molecule has 1 aliphatic heterocycles. The van der Waals surface area contributed by atoms with E-state index in [0.717, 1.165) is 0 Å². The van der Waals surface area contributed by atoms with E-state index in [2.05, 4.69) is 33.9 Å². The lowest BCUT2D eigenvalue weighted by Crippen LogP contribution is -2.51. The Labute approximate surface area is 123 Å². The normalized spacial score (nSPS) is 36.4. The molecule has 1 fully saturated rings. The molecule has 1 N–H and O–H groups in total. The van der Waals surface area contributed by atoms with E-state index in [9.17, 15) is 5.11 Å². The van der Waals surface area contributed by atoms with Crippen LogP contribution in [0.15, 0.2) is 12.2 Å². The molecule has 4 nitrogen and oxygen atoms in total. The molecule has 0 spiro atoms. The fourth-order valence-electron chi connectivity index (χ4n) is 2.32. The third kappa shape index (κ3) is 2.87. The van der Waals surface area contributed by atoms with Crippen LogP contribution in [0.1, 0.15) is 34.6 Å². The van der Waals surface area contributed by atoms with Crippen molar-refractivity contribution in [2.75, 3.05) is 6.61 Å². The van der Waals surface area contributed by atoms with Crippen LogP contribution in [0.4, 0.5) is 0 Å². The van der Waals surface area contributed by atoms with Crippen LogP contribution in [0.25, 0.3) is 0 Å². The summed E-state index contributed by atoms with van der Waals surface area (Å²) in [6, 6.07) is 0. The molecule has 0 aromatic rings. The number of aliphatic hydroxyl groups is 1. The topological polar surface area (TPSA) is 47.9 Å². The van der Waals surface area contributed by atoms with E-state index < -0.39 is 19.7 Å². The molecule has 5 heteroatoms. The first-order chi connectivity index (χ1) is 8.86. The molecule has 3 atom stereocenters. The van der Waals surface area contributed by atoms with Crippen molar-refractivity contribution in [3.8, 4) is 0 Å². The minimum atomic E-state index is -1.89. The molecule has 0 saturated carbocycles. The Kier molecular flexibility index (Phi) is 3.76. The molecule has 0 bridgehead atoms. The van der Waals surface area contributed by atoms with Gasteiger partial charge in [-0.3, -0.25) is 0 Å². The minimum absolute atomic E-state index is 0.122. The van der Waals surface area contributed by atoms with E-state index in [1.54, 1.807) is 6.08 Å². The summed E-state index contributed by atoms with van der Waals surface area (Å²) in [7, 11) is -1.89. The lowest BCUT2D eigenvalue weighted by Gasteiger charge is -2.39. The Morgan fingerprint density at radius 2 is 1.85 bits per heavy atom. The van der Waals surface area contributed by atoms with Gasteiger partial charge in [0.25, 0.3) is 0 Å². The van der Waals surface area contributed by atoms with Gasteiger partial charge in [-0.15, -0.1) is 0 Å². The standard InChI is InChI=1S/C15H28O4Si/c1-13(2,3)20(6,7)17-10-15(16)9-8-11-12(15)19-14(4,5)18-11/h8-9,11-12,16H,10H2,1-7H3/t11-,12-,15+/m0/s1. The van der Waals surface area contributed by atoms with Gasteiger partial charge in [-0.05, 0) is 38.1 Å². The SMILES string of the molecule is CC1(C)O[C@H]2C=C[C@@](O)(CO[Si](C)(C)C(C)(C)C)[C@H]2O1. The second-order valence-electron chi connectivity index (χ2n) is 7.92. The Hall–Kier alpha value is -0.203. The molecule has 2 aliphatic rings. The maximum Gasteiger partial charge on any atom is 0.192 e. The monoisotopic (exact) mass is 300 g/mol. The first-order valence-corrected chi connectivity index (χ1v) is 10.2. The van der Waals surface area contributed by atoms with Crippen molar-refractivity contribution in [3.63, 3.8) is 0 Å². The minimum Gasteiger partial charge on any atom is -0.413 e. The molecule has 2 rings (SSSR count). The average molecular weight is 300 g/mol. The van der Waals surface area contributed by atoms with Crippen molar-refractivity contribution in [2.45, 2.75) is 76.3 Å². The Bertz CT molecular complexity index is 411. The van der Waals surface area contributed by atoms with Gasteiger partial charge < -0.3 is 19.0 Å². The van der Waals surface area contributed by atoms with Gasteiger partial charge in [-0.2, -0.15) is 0 Å². The molecule has 0 aromatic carbocycles. The van der Waals surface area contributed by atoms with Crippen molar-refractivity contribution >= 4 is 8.32 Å². The second kappa shape index (κ2) is 4.65. The zero-order chi connectivity index (χ0) is 15.4. The van der Waals surface area contributed by atoms with Crippen LogP contribution in [0.3, 0.4) is 0 Å². The van der Waals surface area contributed by atoms with E-state index in [1.165, 1.54) is 0 Å². The van der Waals surface area contributed by atoms with Crippen molar-refractivity contribution in [1.29, 1.82) is 0 Å². The lowest BCUT2D eigenvalue weighted by atomic mass is 10.0. The van der Waals surface area contributed by atoms with Gasteiger partial charge in [-0.1, -0.05) is 26.8 Å². The summed E-state index contributed by atoms with van der Waals surface area (Å²) in [5.74, 6) is -0.648. The van der Waals surface area contributed by atoms with Crippen molar-refractivity contribution in [2.24, 2.45) is 0 Å². The van der Waals surface area contributed by atoms with Gasteiger partial charge in [0.1, 0.15) is 17.8 Å². The smallest absolute Gasteiger partial charge is 0.192 e. The van der Waals surface area contributed by atoms with Crippen molar-refractivity contribution in [1.82, 2.24) is 0 Å². The quantitative estimate of drug-likeness (QED) is 0.643. The predicted molar refractivity (Wildman–Crippen MR) is 81.1 cm³/mol. The maximum absolute atomic E-state index is 10.8. The molecule has 1 saturated heterocycles. The summed E-state index contributed by atoms with van der Waals surface area (Å²) in [4.78, 5) is 0. The average Bonchev–Trinajstić information content (AvgIpc) is 2.71. The van der Waals surface area contributed by atoms with E-state index in [1.807, 2.05) is 19.9 Å². The highest BCUT2D eigenvalue weighted by molar-refractivity contribution is 6.74. The fourth-order valence-corrected chi connectivity index (χ4v) is 3.34. The summed E-state index contributed by atoms with van der Waals surface area (Å²) in [6.07, 6.45) is 3.10. The molecule has 0 amide bonds. The molecular weight excluding hydrogens is 272 g/mol. The van der Waals surface area contributed by atoms with Gasteiger partial charge in [-0.25, -0.2) is 0 Å². The van der Waals surface area contributed by atoms with E-state index in [-0.39, 0.29) is 23.9 Å². The number of hydrogen-bond acceptors (Lipinski definition) is 4. The third-order valence-electron chi connectivity index (χ3n) is 4.67. The first-order valence-electron chi connectivity index (χ1n) is 7.28. The van der Waals surface area contributed by atoms with Gasteiger partial charge >= 0.3 is 0 Å². The summed E-state index contributed by atoms with van der Waals surface area (Å²) in [5, 5.41) is 11.0. The van der Waals surface area contributed by atoms with Crippen LogP contribution in [0.5, 0.6) is 0 Å². The number of fused-ring (bicyclic) bond motifs is 1. The number of rotatable bonds is 3. The van der Waals surface area contributed by atoms with Gasteiger partial charge in [0.05, 0.1) is 6.61 Å². The van der Waals surface area contributed by atoms with Crippen LogP contribution < -0.4 is 0 Å². The second-order valence-corrected chi connectivity index (χ2v) is 12.7. The third-order valence-corrected chi connectivity index (χ3v) is 9.15. The van der Waals surface area contributed by atoms with Crippen molar-refractivity contribution < 1.29 is 19.0 Å². The lowest BCUT2D eigenvalue weighted by molar-refractivity contribution is -0.168. The molecule has 0 radical (unpaired) electrons. The van der Waals surface area contributed by atoms with Gasteiger partial charge in [0.15, 0.2) is 14.1 Å². The van der Waals surface area contributed by atoms with Gasteiger partial charge in [0.2, 0.25) is 0 Å².